The zero-order chi connectivity index (χ0) is 18.8. The summed E-state index contributed by atoms with van der Waals surface area (Å²) < 4.78 is 19.7. The Balaban J connectivity index is 1.51. The summed E-state index contributed by atoms with van der Waals surface area (Å²) in [5, 5.41) is 6.76. The molecule has 1 fully saturated rings. The lowest BCUT2D eigenvalue weighted by atomic mass is 10.2. The third-order valence-electron chi connectivity index (χ3n) is 4.42. The van der Waals surface area contributed by atoms with Crippen LogP contribution in [0.5, 0.6) is 0 Å². The van der Waals surface area contributed by atoms with Gasteiger partial charge >= 0.3 is 6.03 Å². The minimum absolute atomic E-state index is 0.296. The summed E-state index contributed by atoms with van der Waals surface area (Å²) in [6.45, 7) is 0.571. The average Bonchev–Trinajstić information content (AvgIpc) is 3.31. The second-order valence-electron chi connectivity index (χ2n) is 6.26. The van der Waals surface area contributed by atoms with E-state index in [2.05, 4.69) is 31.4 Å². The van der Waals surface area contributed by atoms with Gasteiger partial charge in [-0.05, 0) is 55.3 Å². The molecule has 1 aliphatic rings. The maximum absolute atomic E-state index is 13.3. The molecule has 27 heavy (non-hydrogen) atoms. The molecule has 1 aromatic heterocycles. The van der Waals surface area contributed by atoms with Crippen molar-refractivity contribution in [1.29, 1.82) is 0 Å². The van der Waals surface area contributed by atoms with Crippen LogP contribution in [-0.4, -0.2) is 27.6 Å². The summed E-state index contributed by atoms with van der Waals surface area (Å²) >= 11 is 3.39. The van der Waals surface area contributed by atoms with Crippen LogP contribution in [0.25, 0.3) is 11.4 Å². The van der Waals surface area contributed by atoms with Crippen molar-refractivity contribution in [2.75, 3.05) is 11.9 Å². The number of rotatable bonds is 3. The zero-order valence-electron chi connectivity index (χ0n) is 14.2. The van der Waals surface area contributed by atoms with Crippen molar-refractivity contribution in [2.45, 2.75) is 18.9 Å². The maximum atomic E-state index is 13.3. The number of carbonyl (C=O) groups excluding carboxylic acids is 1. The molecule has 6 nitrogen and oxygen atoms in total. The normalized spacial score (nSPS) is 16.5. The Morgan fingerprint density at radius 1 is 1.26 bits per heavy atom. The van der Waals surface area contributed by atoms with Gasteiger partial charge < -0.3 is 14.7 Å². The standard InChI is InChI=1S/C19H16BrFN4O2/c20-13-8-6-12(7-9-13)17-23-18(27-24-17)16-5-2-10-25(16)19(26)22-15-4-1-3-14(21)11-15/h1,3-4,6-9,11,16H,2,5,10H2,(H,22,26). The summed E-state index contributed by atoms with van der Waals surface area (Å²) in [5.41, 5.74) is 1.24. The smallest absolute Gasteiger partial charge is 0.322 e. The van der Waals surface area contributed by atoms with Gasteiger partial charge in [0.25, 0.3) is 0 Å². The van der Waals surface area contributed by atoms with E-state index < -0.39 is 5.82 Å². The van der Waals surface area contributed by atoms with Crippen LogP contribution >= 0.6 is 15.9 Å². The summed E-state index contributed by atoms with van der Waals surface area (Å²) in [5.74, 6) is 0.483. The monoisotopic (exact) mass is 430 g/mol. The molecule has 2 aromatic carbocycles. The second-order valence-corrected chi connectivity index (χ2v) is 7.17. The largest absolute Gasteiger partial charge is 0.337 e. The Morgan fingerprint density at radius 3 is 2.85 bits per heavy atom. The number of hydrogen-bond donors (Lipinski definition) is 1. The summed E-state index contributed by atoms with van der Waals surface area (Å²) in [6.07, 6.45) is 1.57. The van der Waals surface area contributed by atoms with E-state index in [1.165, 1.54) is 12.1 Å². The van der Waals surface area contributed by atoms with Gasteiger partial charge in [0.2, 0.25) is 11.7 Å². The molecule has 0 radical (unpaired) electrons. The van der Waals surface area contributed by atoms with E-state index in [1.807, 2.05) is 24.3 Å². The molecule has 1 N–H and O–H groups in total. The number of anilines is 1. The fourth-order valence-electron chi connectivity index (χ4n) is 3.11. The molecule has 8 heteroatoms. The van der Waals surface area contributed by atoms with Crippen LogP contribution in [0.15, 0.2) is 57.5 Å². The average molecular weight is 431 g/mol. The molecular weight excluding hydrogens is 415 g/mol. The first-order valence-electron chi connectivity index (χ1n) is 8.53. The SMILES string of the molecule is O=C(Nc1cccc(F)c1)N1CCCC1c1nc(-c2ccc(Br)cc2)no1. The number of carbonyl (C=O) groups is 1. The first-order chi connectivity index (χ1) is 13.1. The van der Waals surface area contributed by atoms with E-state index in [9.17, 15) is 9.18 Å². The van der Waals surface area contributed by atoms with Crippen LogP contribution in [0, 0.1) is 5.82 Å². The van der Waals surface area contributed by atoms with Crippen molar-refractivity contribution < 1.29 is 13.7 Å². The number of halogens is 2. The van der Waals surface area contributed by atoms with Crippen LogP contribution in [0.1, 0.15) is 24.8 Å². The molecule has 138 valence electrons. The van der Waals surface area contributed by atoms with Gasteiger partial charge in [-0.1, -0.05) is 27.2 Å². The molecule has 0 spiro atoms. The highest BCUT2D eigenvalue weighted by Gasteiger charge is 2.34. The molecule has 1 aliphatic heterocycles. The summed E-state index contributed by atoms with van der Waals surface area (Å²) in [4.78, 5) is 18.7. The van der Waals surface area contributed by atoms with E-state index in [0.717, 1.165) is 22.9 Å². The molecule has 0 saturated carbocycles. The molecule has 1 saturated heterocycles. The quantitative estimate of drug-likeness (QED) is 0.633. The van der Waals surface area contributed by atoms with Gasteiger partial charge in [0.1, 0.15) is 11.9 Å². The highest BCUT2D eigenvalue weighted by atomic mass is 79.9. The molecule has 0 bridgehead atoms. The van der Waals surface area contributed by atoms with E-state index in [-0.39, 0.29) is 12.1 Å². The van der Waals surface area contributed by atoms with Crippen LogP contribution in [0.3, 0.4) is 0 Å². The molecule has 4 rings (SSSR count). The minimum Gasteiger partial charge on any atom is -0.337 e. The number of hydrogen-bond acceptors (Lipinski definition) is 4. The topological polar surface area (TPSA) is 71.3 Å². The van der Waals surface area contributed by atoms with Gasteiger partial charge in [-0.3, -0.25) is 0 Å². The first-order valence-corrected chi connectivity index (χ1v) is 9.32. The van der Waals surface area contributed by atoms with Crippen molar-refractivity contribution in [3.05, 3.63) is 64.7 Å². The van der Waals surface area contributed by atoms with Crippen LogP contribution < -0.4 is 5.32 Å². The van der Waals surface area contributed by atoms with Crippen LogP contribution in [0.4, 0.5) is 14.9 Å². The Morgan fingerprint density at radius 2 is 2.07 bits per heavy atom. The number of amides is 2. The number of nitrogens with one attached hydrogen (secondary N) is 1. The summed E-state index contributed by atoms with van der Waals surface area (Å²) in [7, 11) is 0. The van der Waals surface area contributed by atoms with Crippen LogP contribution in [0.2, 0.25) is 0 Å². The van der Waals surface area contributed by atoms with E-state index in [1.54, 1.807) is 17.0 Å². The van der Waals surface area contributed by atoms with E-state index in [0.29, 0.717) is 23.9 Å². The third kappa shape index (κ3) is 3.85. The lowest BCUT2D eigenvalue weighted by Gasteiger charge is -2.22. The fourth-order valence-corrected chi connectivity index (χ4v) is 3.38. The van der Waals surface area contributed by atoms with Gasteiger partial charge in [0, 0.05) is 22.3 Å². The zero-order valence-corrected chi connectivity index (χ0v) is 15.8. The van der Waals surface area contributed by atoms with Gasteiger partial charge in [-0.2, -0.15) is 4.98 Å². The van der Waals surface area contributed by atoms with E-state index >= 15 is 0 Å². The number of urea groups is 1. The van der Waals surface area contributed by atoms with Crippen molar-refractivity contribution >= 4 is 27.6 Å². The van der Waals surface area contributed by atoms with Gasteiger partial charge in [0.15, 0.2) is 0 Å². The second kappa shape index (κ2) is 7.48. The lowest BCUT2D eigenvalue weighted by Crippen LogP contribution is -2.34. The molecule has 1 unspecified atom stereocenters. The number of likely N-dealkylation sites (tertiary alicyclic amines) is 1. The van der Waals surface area contributed by atoms with E-state index in [4.69, 9.17) is 4.52 Å². The lowest BCUT2D eigenvalue weighted by molar-refractivity contribution is 0.193. The predicted molar refractivity (Wildman–Crippen MR) is 102 cm³/mol. The highest BCUT2D eigenvalue weighted by molar-refractivity contribution is 9.10. The molecule has 1 atom stereocenters. The van der Waals surface area contributed by atoms with Crippen molar-refractivity contribution in [3.63, 3.8) is 0 Å². The number of benzene rings is 2. The molecule has 0 aliphatic carbocycles. The predicted octanol–water partition coefficient (Wildman–Crippen LogP) is 5.01. The molecular formula is C19H16BrFN4O2. The van der Waals surface area contributed by atoms with Gasteiger partial charge in [-0.25, -0.2) is 9.18 Å². The Hall–Kier alpha value is -2.74. The number of aromatic nitrogens is 2. The van der Waals surface area contributed by atoms with Crippen molar-refractivity contribution in [3.8, 4) is 11.4 Å². The molecule has 2 amide bonds. The number of nitrogens with zero attached hydrogens (tertiary/aromatic N) is 3. The minimum atomic E-state index is -0.401. The van der Waals surface area contributed by atoms with Gasteiger partial charge in [0.05, 0.1) is 0 Å². The van der Waals surface area contributed by atoms with Gasteiger partial charge in [-0.15, -0.1) is 0 Å². The molecule has 2 heterocycles. The maximum Gasteiger partial charge on any atom is 0.322 e. The molecule has 3 aromatic rings. The third-order valence-corrected chi connectivity index (χ3v) is 4.95. The Labute approximate surface area is 163 Å². The Kier molecular flexibility index (Phi) is 4.89. The first kappa shape index (κ1) is 17.7. The van der Waals surface area contributed by atoms with Crippen molar-refractivity contribution in [1.82, 2.24) is 15.0 Å². The van der Waals surface area contributed by atoms with Crippen molar-refractivity contribution in [2.24, 2.45) is 0 Å². The Bertz CT molecular complexity index is 960. The van der Waals surface area contributed by atoms with Crippen LogP contribution in [-0.2, 0) is 0 Å². The highest BCUT2D eigenvalue weighted by Crippen LogP contribution is 2.32. The summed E-state index contributed by atoms with van der Waals surface area (Å²) in [6, 6.07) is 12.8. The fraction of sp³-hybridized carbons (Fsp3) is 0.211.